The smallest absolute Gasteiger partial charge is 0.343 e. The normalized spacial score (nSPS) is 9.88. The molecule has 0 aliphatic carbocycles. The van der Waals surface area contributed by atoms with Crippen molar-refractivity contribution in [1.29, 1.82) is 0 Å². The van der Waals surface area contributed by atoms with Crippen LogP contribution in [0.4, 0.5) is 5.69 Å². The van der Waals surface area contributed by atoms with E-state index in [1.807, 2.05) is 0 Å². The Morgan fingerprint density at radius 2 is 1.94 bits per heavy atom. The fourth-order valence-electron chi connectivity index (χ4n) is 1.20. The van der Waals surface area contributed by atoms with Crippen LogP contribution < -0.4 is 4.74 Å². The van der Waals surface area contributed by atoms with Crippen LogP contribution in [0.2, 0.25) is 0 Å². The first kappa shape index (κ1) is 10.9. The Morgan fingerprint density at radius 1 is 1.24 bits per heavy atom. The van der Waals surface area contributed by atoms with E-state index in [-0.39, 0.29) is 17.0 Å². The molecular weight excluding hydrogens is 226 g/mol. The molecule has 1 aromatic carbocycles. The van der Waals surface area contributed by atoms with Crippen LogP contribution in [-0.4, -0.2) is 10.9 Å². The molecule has 0 N–H and O–H groups in total. The van der Waals surface area contributed by atoms with Gasteiger partial charge >= 0.3 is 5.97 Å². The predicted octanol–water partition coefficient (Wildman–Crippen LogP) is 2.41. The number of rotatable bonds is 3. The standard InChI is InChI=1S/C11H7NO5/c13-11(17-10-5-6-16-7-10)8-1-3-9(4-2-8)12(14)15/h1-7H. The first-order chi connectivity index (χ1) is 8.16. The summed E-state index contributed by atoms with van der Waals surface area (Å²) in [5.74, 6) is -0.311. The molecule has 0 aliphatic rings. The molecule has 6 nitrogen and oxygen atoms in total. The van der Waals surface area contributed by atoms with E-state index in [1.54, 1.807) is 0 Å². The Bertz CT molecular complexity index is 529. The van der Waals surface area contributed by atoms with Crippen molar-refractivity contribution in [3.8, 4) is 5.75 Å². The van der Waals surface area contributed by atoms with E-state index in [2.05, 4.69) is 0 Å². The van der Waals surface area contributed by atoms with Gasteiger partial charge in [0.2, 0.25) is 0 Å². The molecule has 0 unspecified atom stereocenters. The molecule has 0 bridgehead atoms. The highest BCUT2D eigenvalue weighted by molar-refractivity contribution is 5.91. The molecule has 0 aliphatic heterocycles. The highest BCUT2D eigenvalue weighted by Gasteiger charge is 2.11. The van der Waals surface area contributed by atoms with Gasteiger partial charge in [-0.05, 0) is 12.1 Å². The van der Waals surface area contributed by atoms with Gasteiger partial charge in [-0.2, -0.15) is 0 Å². The molecular formula is C11H7NO5. The predicted molar refractivity (Wildman–Crippen MR) is 56.8 cm³/mol. The van der Waals surface area contributed by atoms with Gasteiger partial charge in [0.15, 0.2) is 5.75 Å². The topological polar surface area (TPSA) is 82.6 Å². The Morgan fingerprint density at radius 3 is 2.47 bits per heavy atom. The van der Waals surface area contributed by atoms with E-state index in [4.69, 9.17) is 9.15 Å². The van der Waals surface area contributed by atoms with Crippen LogP contribution in [0.3, 0.4) is 0 Å². The van der Waals surface area contributed by atoms with Crippen LogP contribution in [0.15, 0.2) is 47.3 Å². The molecule has 17 heavy (non-hydrogen) atoms. The SMILES string of the molecule is O=C(Oc1ccoc1)c1ccc([N+](=O)[O-])cc1. The van der Waals surface area contributed by atoms with Crippen LogP contribution in [0, 0.1) is 10.1 Å². The van der Waals surface area contributed by atoms with Gasteiger partial charge in [0.25, 0.3) is 5.69 Å². The maximum atomic E-state index is 11.6. The number of nitrogens with zero attached hydrogens (tertiary/aromatic N) is 1. The summed E-state index contributed by atoms with van der Waals surface area (Å²) < 4.78 is 9.67. The number of hydrogen-bond acceptors (Lipinski definition) is 5. The van der Waals surface area contributed by atoms with Crippen molar-refractivity contribution in [2.24, 2.45) is 0 Å². The van der Waals surface area contributed by atoms with E-state index in [9.17, 15) is 14.9 Å². The minimum absolute atomic E-state index is 0.0788. The Hall–Kier alpha value is -2.63. The molecule has 6 heteroatoms. The van der Waals surface area contributed by atoms with Crippen molar-refractivity contribution in [1.82, 2.24) is 0 Å². The lowest BCUT2D eigenvalue weighted by molar-refractivity contribution is -0.384. The number of nitro benzene ring substituents is 1. The van der Waals surface area contributed by atoms with Crippen LogP contribution in [0.25, 0.3) is 0 Å². The van der Waals surface area contributed by atoms with E-state index >= 15 is 0 Å². The molecule has 2 rings (SSSR count). The van der Waals surface area contributed by atoms with Gasteiger partial charge in [0, 0.05) is 18.2 Å². The molecule has 0 amide bonds. The second-order valence-electron chi connectivity index (χ2n) is 3.15. The lowest BCUT2D eigenvalue weighted by atomic mass is 10.2. The van der Waals surface area contributed by atoms with Crippen molar-refractivity contribution >= 4 is 11.7 Å². The summed E-state index contributed by atoms with van der Waals surface area (Å²) in [6.45, 7) is 0. The minimum atomic E-state index is -0.596. The second-order valence-corrected chi connectivity index (χ2v) is 3.15. The van der Waals surface area contributed by atoms with Gasteiger partial charge in [0.1, 0.15) is 6.26 Å². The van der Waals surface area contributed by atoms with Crippen LogP contribution in [0.5, 0.6) is 5.75 Å². The van der Waals surface area contributed by atoms with Crippen molar-refractivity contribution in [3.63, 3.8) is 0 Å². The van der Waals surface area contributed by atoms with Gasteiger partial charge < -0.3 is 9.15 Å². The summed E-state index contributed by atoms with van der Waals surface area (Å²) >= 11 is 0. The molecule has 0 radical (unpaired) electrons. The molecule has 1 aromatic heterocycles. The molecule has 0 saturated heterocycles. The van der Waals surface area contributed by atoms with Crippen LogP contribution in [0.1, 0.15) is 10.4 Å². The van der Waals surface area contributed by atoms with Gasteiger partial charge in [-0.3, -0.25) is 10.1 Å². The Kier molecular flexibility index (Phi) is 2.87. The summed E-state index contributed by atoms with van der Waals surface area (Å²) in [7, 11) is 0. The molecule has 86 valence electrons. The third-order valence-electron chi connectivity index (χ3n) is 2.02. The van der Waals surface area contributed by atoms with E-state index < -0.39 is 10.9 Å². The fourth-order valence-corrected chi connectivity index (χ4v) is 1.20. The number of carbonyl (C=O) groups excluding carboxylic acids is 1. The summed E-state index contributed by atoms with van der Waals surface area (Å²) in [6.07, 6.45) is 2.65. The molecule has 0 atom stereocenters. The maximum Gasteiger partial charge on any atom is 0.343 e. The number of furan rings is 1. The van der Waals surface area contributed by atoms with Crippen molar-refractivity contribution < 1.29 is 18.9 Å². The van der Waals surface area contributed by atoms with Gasteiger partial charge in [-0.25, -0.2) is 4.79 Å². The third kappa shape index (κ3) is 2.49. The van der Waals surface area contributed by atoms with Crippen molar-refractivity contribution in [2.45, 2.75) is 0 Å². The number of hydrogen-bond donors (Lipinski definition) is 0. The lowest BCUT2D eigenvalue weighted by Gasteiger charge is -2.00. The van der Waals surface area contributed by atoms with E-state index in [0.717, 1.165) is 0 Å². The van der Waals surface area contributed by atoms with E-state index in [1.165, 1.54) is 42.9 Å². The summed E-state index contributed by atoms with van der Waals surface area (Å²) in [5, 5.41) is 10.4. The van der Waals surface area contributed by atoms with Crippen LogP contribution >= 0.6 is 0 Å². The third-order valence-corrected chi connectivity index (χ3v) is 2.02. The lowest BCUT2D eigenvalue weighted by Crippen LogP contribution is -2.07. The Labute approximate surface area is 95.6 Å². The maximum absolute atomic E-state index is 11.6. The largest absolute Gasteiger partial charge is 0.469 e. The molecule has 1 heterocycles. The number of nitro groups is 1. The summed E-state index contributed by atoms with van der Waals surface area (Å²) in [5.41, 5.74) is 0.154. The molecule has 0 fully saturated rings. The van der Waals surface area contributed by atoms with Gasteiger partial charge in [0.05, 0.1) is 16.7 Å². The number of esters is 1. The first-order valence-corrected chi connectivity index (χ1v) is 4.65. The molecule has 0 saturated carbocycles. The zero-order valence-corrected chi connectivity index (χ0v) is 8.53. The van der Waals surface area contributed by atoms with Crippen molar-refractivity contribution in [2.75, 3.05) is 0 Å². The van der Waals surface area contributed by atoms with E-state index in [0.29, 0.717) is 0 Å². The average Bonchev–Trinajstić information content (AvgIpc) is 2.82. The zero-order chi connectivity index (χ0) is 12.3. The number of ether oxygens (including phenoxy) is 1. The molecule has 0 spiro atoms. The van der Waals surface area contributed by atoms with Gasteiger partial charge in [-0.15, -0.1) is 0 Å². The highest BCUT2D eigenvalue weighted by Crippen LogP contribution is 2.15. The van der Waals surface area contributed by atoms with Crippen molar-refractivity contribution in [3.05, 3.63) is 58.5 Å². The highest BCUT2D eigenvalue weighted by atomic mass is 16.6. The zero-order valence-electron chi connectivity index (χ0n) is 8.53. The fraction of sp³-hybridized carbons (Fsp3) is 0. The summed E-state index contributed by atoms with van der Waals surface area (Å²) in [4.78, 5) is 21.4. The minimum Gasteiger partial charge on any atom is -0.469 e. The number of carbonyl (C=O) groups is 1. The molecule has 2 aromatic rings. The summed E-state index contributed by atoms with van der Waals surface area (Å²) in [6, 6.07) is 6.64. The number of non-ortho nitro benzene ring substituents is 1. The van der Waals surface area contributed by atoms with Gasteiger partial charge in [-0.1, -0.05) is 0 Å². The monoisotopic (exact) mass is 233 g/mol. The van der Waals surface area contributed by atoms with Crippen LogP contribution in [-0.2, 0) is 0 Å². The second kappa shape index (κ2) is 4.48. The first-order valence-electron chi connectivity index (χ1n) is 4.65. The Balaban J connectivity index is 2.12. The average molecular weight is 233 g/mol. The number of benzene rings is 1. The quantitative estimate of drug-likeness (QED) is 0.461.